The minimum atomic E-state index is -0.198. The Labute approximate surface area is 173 Å². The Morgan fingerprint density at radius 1 is 1.13 bits per heavy atom. The third-order valence-corrected chi connectivity index (χ3v) is 5.34. The molecule has 1 amide bonds. The van der Waals surface area contributed by atoms with Gasteiger partial charge in [0.05, 0.1) is 18.3 Å². The summed E-state index contributed by atoms with van der Waals surface area (Å²) in [5, 5.41) is 11.3. The number of carbonyl (C=O) groups excluding carboxylic acids is 1. The molecule has 2 aromatic heterocycles. The predicted octanol–water partition coefficient (Wildman–Crippen LogP) is 3.78. The molecule has 0 spiro atoms. The van der Waals surface area contributed by atoms with Crippen molar-refractivity contribution in [3.8, 4) is 22.8 Å². The lowest BCUT2D eigenvalue weighted by molar-refractivity contribution is 0.0950. The van der Waals surface area contributed by atoms with Crippen molar-refractivity contribution in [3.63, 3.8) is 0 Å². The molecule has 150 valence electrons. The molecule has 1 aliphatic heterocycles. The molecule has 0 saturated carbocycles. The van der Waals surface area contributed by atoms with Gasteiger partial charge in [0, 0.05) is 24.1 Å². The van der Waals surface area contributed by atoms with Crippen LogP contribution in [0.1, 0.15) is 34.0 Å². The minimum absolute atomic E-state index is 0.198. The lowest BCUT2D eigenvalue weighted by atomic mass is 10.1. The summed E-state index contributed by atoms with van der Waals surface area (Å²) in [5.74, 6) is 2.66. The van der Waals surface area contributed by atoms with E-state index in [2.05, 4.69) is 25.1 Å². The summed E-state index contributed by atoms with van der Waals surface area (Å²) in [5.41, 5.74) is 3.29. The highest BCUT2D eigenvalue weighted by atomic mass is 16.4. The standard InChI is InChI=1S/C23H21N5O2/c1-15-8-10-16(11-9-15)19-13-25-23(30-19)18-6-3-2-5-17(18)22(29)24-14-21-27-26-20-7-4-12-28(20)21/h2-3,5-6,8-11,13H,4,7,12,14H2,1H3,(H,24,29). The van der Waals surface area contributed by atoms with E-state index in [0.717, 1.165) is 36.6 Å². The SMILES string of the molecule is Cc1ccc(-c2cnc(-c3ccccc3C(=O)NCc3nnc4n3CCC4)o2)cc1. The molecule has 7 heteroatoms. The highest BCUT2D eigenvalue weighted by molar-refractivity contribution is 5.99. The van der Waals surface area contributed by atoms with E-state index >= 15 is 0 Å². The van der Waals surface area contributed by atoms with Crippen LogP contribution in [-0.4, -0.2) is 25.7 Å². The average molecular weight is 399 g/mol. The van der Waals surface area contributed by atoms with E-state index in [1.807, 2.05) is 49.4 Å². The quantitative estimate of drug-likeness (QED) is 0.552. The van der Waals surface area contributed by atoms with Gasteiger partial charge in [0.2, 0.25) is 5.89 Å². The summed E-state index contributed by atoms with van der Waals surface area (Å²) in [6, 6.07) is 15.4. The largest absolute Gasteiger partial charge is 0.436 e. The molecule has 5 rings (SSSR count). The number of nitrogens with zero attached hydrogens (tertiary/aromatic N) is 4. The first kappa shape index (κ1) is 18.3. The number of aryl methyl sites for hydroxylation is 2. The number of carbonyl (C=O) groups is 1. The highest BCUT2D eigenvalue weighted by Crippen LogP contribution is 2.28. The van der Waals surface area contributed by atoms with Crippen LogP contribution < -0.4 is 5.32 Å². The second-order valence-corrected chi connectivity index (χ2v) is 7.41. The Balaban J connectivity index is 1.37. The van der Waals surface area contributed by atoms with Crippen molar-refractivity contribution in [1.29, 1.82) is 0 Å². The summed E-state index contributed by atoms with van der Waals surface area (Å²) < 4.78 is 8.06. The molecule has 1 N–H and O–H groups in total. The van der Waals surface area contributed by atoms with Gasteiger partial charge in [-0.3, -0.25) is 4.79 Å². The molecule has 0 saturated heterocycles. The molecule has 0 unspecified atom stereocenters. The van der Waals surface area contributed by atoms with Crippen LogP contribution in [0.2, 0.25) is 0 Å². The Morgan fingerprint density at radius 2 is 1.97 bits per heavy atom. The van der Waals surface area contributed by atoms with Gasteiger partial charge < -0.3 is 14.3 Å². The zero-order valence-corrected chi connectivity index (χ0v) is 16.6. The molecule has 2 aromatic carbocycles. The van der Waals surface area contributed by atoms with Crippen molar-refractivity contribution < 1.29 is 9.21 Å². The zero-order chi connectivity index (χ0) is 20.5. The van der Waals surface area contributed by atoms with Gasteiger partial charge in [-0.05, 0) is 25.5 Å². The molecule has 0 fully saturated rings. The summed E-state index contributed by atoms with van der Waals surface area (Å²) in [6.07, 6.45) is 3.70. The van der Waals surface area contributed by atoms with Crippen LogP contribution >= 0.6 is 0 Å². The first-order chi connectivity index (χ1) is 14.7. The van der Waals surface area contributed by atoms with E-state index in [9.17, 15) is 4.79 Å². The number of nitrogens with one attached hydrogen (secondary N) is 1. The number of hydrogen-bond donors (Lipinski definition) is 1. The lowest BCUT2D eigenvalue weighted by Crippen LogP contribution is -2.25. The molecule has 0 aliphatic carbocycles. The van der Waals surface area contributed by atoms with E-state index in [-0.39, 0.29) is 5.91 Å². The fourth-order valence-corrected chi connectivity index (χ4v) is 3.71. The average Bonchev–Trinajstić information content (AvgIpc) is 3.50. The van der Waals surface area contributed by atoms with Crippen molar-refractivity contribution in [2.75, 3.05) is 0 Å². The van der Waals surface area contributed by atoms with E-state index in [1.54, 1.807) is 12.3 Å². The van der Waals surface area contributed by atoms with Crippen molar-refractivity contribution in [2.45, 2.75) is 32.9 Å². The number of fused-ring (bicyclic) bond motifs is 1. The second kappa shape index (κ2) is 7.59. The fourth-order valence-electron chi connectivity index (χ4n) is 3.71. The lowest BCUT2D eigenvalue weighted by Gasteiger charge is -2.08. The van der Waals surface area contributed by atoms with Crippen LogP contribution in [0.5, 0.6) is 0 Å². The molecule has 30 heavy (non-hydrogen) atoms. The van der Waals surface area contributed by atoms with Crippen LogP contribution in [0.25, 0.3) is 22.8 Å². The molecule has 0 radical (unpaired) electrons. The first-order valence-electron chi connectivity index (χ1n) is 10.0. The van der Waals surface area contributed by atoms with Gasteiger partial charge >= 0.3 is 0 Å². The predicted molar refractivity (Wildman–Crippen MR) is 112 cm³/mol. The van der Waals surface area contributed by atoms with Crippen molar-refractivity contribution in [3.05, 3.63) is 77.5 Å². The maximum Gasteiger partial charge on any atom is 0.252 e. The molecule has 7 nitrogen and oxygen atoms in total. The van der Waals surface area contributed by atoms with Gasteiger partial charge in [0.1, 0.15) is 5.82 Å². The first-order valence-corrected chi connectivity index (χ1v) is 10.0. The van der Waals surface area contributed by atoms with E-state index in [4.69, 9.17) is 4.42 Å². The fraction of sp³-hybridized carbons (Fsp3) is 0.217. The van der Waals surface area contributed by atoms with Crippen molar-refractivity contribution >= 4 is 5.91 Å². The Bertz CT molecular complexity index is 1210. The van der Waals surface area contributed by atoms with Crippen molar-refractivity contribution in [2.24, 2.45) is 0 Å². The van der Waals surface area contributed by atoms with Gasteiger partial charge in [0.25, 0.3) is 5.91 Å². The molecule has 1 aliphatic rings. The number of amides is 1. The number of aromatic nitrogens is 4. The number of rotatable bonds is 5. The molecule has 4 aromatic rings. The Morgan fingerprint density at radius 3 is 2.83 bits per heavy atom. The van der Waals surface area contributed by atoms with Crippen molar-refractivity contribution in [1.82, 2.24) is 25.1 Å². The number of hydrogen-bond acceptors (Lipinski definition) is 5. The van der Waals surface area contributed by atoms with E-state index < -0.39 is 0 Å². The third kappa shape index (κ3) is 3.39. The summed E-state index contributed by atoms with van der Waals surface area (Å²) in [6.45, 7) is 3.28. The number of benzene rings is 2. The number of oxazole rings is 1. The molecular formula is C23H21N5O2. The van der Waals surface area contributed by atoms with Gasteiger partial charge in [-0.15, -0.1) is 10.2 Å². The monoisotopic (exact) mass is 399 g/mol. The van der Waals surface area contributed by atoms with E-state index in [0.29, 0.717) is 29.3 Å². The van der Waals surface area contributed by atoms with E-state index in [1.165, 1.54) is 5.56 Å². The van der Waals surface area contributed by atoms with Gasteiger partial charge in [-0.25, -0.2) is 4.98 Å². The molecule has 3 heterocycles. The van der Waals surface area contributed by atoms with Gasteiger partial charge in [-0.1, -0.05) is 42.0 Å². The van der Waals surface area contributed by atoms with Crippen LogP contribution in [0.3, 0.4) is 0 Å². The van der Waals surface area contributed by atoms with Crippen LogP contribution in [0, 0.1) is 6.92 Å². The molecular weight excluding hydrogens is 378 g/mol. The molecule has 0 bridgehead atoms. The second-order valence-electron chi connectivity index (χ2n) is 7.41. The van der Waals surface area contributed by atoms with Gasteiger partial charge in [0.15, 0.2) is 11.6 Å². The van der Waals surface area contributed by atoms with Crippen LogP contribution in [0.15, 0.2) is 59.1 Å². The smallest absolute Gasteiger partial charge is 0.252 e. The summed E-state index contributed by atoms with van der Waals surface area (Å²) >= 11 is 0. The maximum absolute atomic E-state index is 12.9. The minimum Gasteiger partial charge on any atom is -0.436 e. The summed E-state index contributed by atoms with van der Waals surface area (Å²) in [4.78, 5) is 17.3. The Hall–Kier alpha value is -3.74. The van der Waals surface area contributed by atoms with Crippen LogP contribution in [0.4, 0.5) is 0 Å². The topological polar surface area (TPSA) is 85.8 Å². The Kier molecular flexibility index (Phi) is 4.63. The van der Waals surface area contributed by atoms with Crippen LogP contribution in [-0.2, 0) is 19.5 Å². The third-order valence-electron chi connectivity index (χ3n) is 5.34. The zero-order valence-electron chi connectivity index (χ0n) is 16.6. The maximum atomic E-state index is 12.9. The highest BCUT2D eigenvalue weighted by Gasteiger charge is 2.20. The summed E-state index contributed by atoms with van der Waals surface area (Å²) in [7, 11) is 0. The van der Waals surface area contributed by atoms with Gasteiger partial charge in [-0.2, -0.15) is 0 Å². The molecule has 0 atom stereocenters. The normalized spacial score (nSPS) is 12.7.